The van der Waals surface area contributed by atoms with E-state index in [0.717, 1.165) is 11.3 Å². The number of amides is 1. The smallest absolute Gasteiger partial charge is 0.253 e. The first-order valence-electron chi connectivity index (χ1n) is 5.88. The largest absolute Gasteiger partial charge is 0.487 e. The van der Waals surface area contributed by atoms with E-state index < -0.39 is 0 Å². The maximum absolute atomic E-state index is 11.9. The van der Waals surface area contributed by atoms with Gasteiger partial charge in [-0.3, -0.25) is 4.79 Å². The van der Waals surface area contributed by atoms with Gasteiger partial charge >= 0.3 is 0 Å². The van der Waals surface area contributed by atoms with Crippen LogP contribution >= 0.6 is 0 Å². The highest BCUT2D eigenvalue weighted by atomic mass is 16.6. The van der Waals surface area contributed by atoms with Gasteiger partial charge in [-0.15, -0.1) is 0 Å². The van der Waals surface area contributed by atoms with Crippen LogP contribution in [0.1, 0.15) is 15.9 Å². The maximum Gasteiger partial charge on any atom is 0.253 e. The van der Waals surface area contributed by atoms with E-state index in [1.165, 1.54) is 7.11 Å². The Kier molecular flexibility index (Phi) is 3.85. The fourth-order valence-electron chi connectivity index (χ4n) is 1.76. The number of ether oxygens (including phenoxy) is 1. The molecule has 19 heavy (non-hydrogen) atoms. The van der Waals surface area contributed by atoms with E-state index in [1.807, 2.05) is 18.2 Å². The van der Waals surface area contributed by atoms with Crippen molar-refractivity contribution in [3.63, 3.8) is 0 Å². The maximum atomic E-state index is 11.9. The molecule has 0 radical (unpaired) electrons. The zero-order chi connectivity index (χ0) is 13.8. The van der Waals surface area contributed by atoms with Crippen molar-refractivity contribution in [2.24, 2.45) is 5.16 Å². The Hall–Kier alpha value is -2.30. The molecule has 0 bridgehead atoms. The molecule has 2 rings (SSSR count). The molecule has 1 amide bonds. The van der Waals surface area contributed by atoms with Crippen LogP contribution in [0.25, 0.3) is 6.08 Å². The predicted octanol–water partition coefficient (Wildman–Crippen LogP) is 1.80. The number of benzene rings is 1. The van der Waals surface area contributed by atoms with E-state index in [-0.39, 0.29) is 5.91 Å². The molecule has 0 fully saturated rings. The average molecular weight is 260 g/mol. The van der Waals surface area contributed by atoms with Crippen molar-refractivity contribution < 1.29 is 14.4 Å². The monoisotopic (exact) mass is 260 g/mol. The Morgan fingerprint density at radius 1 is 1.37 bits per heavy atom. The Morgan fingerprint density at radius 3 is 2.84 bits per heavy atom. The van der Waals surface area contributed by atoms with Gasteiger partial charge in [0.15, 0.2) is 0 Å². The third-order valence-corrected chi connectivity index (χ3v) is 2.70. The van der Waals surface area contributed by atoms with Gasteiger partial charge < -0.3 is 14.5 Å². The van der Waals surface area contributed by atoms with Crippen LogP contribution in [0, 0.1) is 0 Å². The van der Waals surface area contributed by atoms with Gasteiger partial charge in [0, 0.05) is 25.2 Å². The summed E-state index contributed by atoms with van der Waals surface area (Å²) in [5, 5.41) is 3.84. The number of fused-ring (bicyclic) bond motifs is 1. The summed E-state index contributed by atoms with van der Waals surface area (Å²) >= 11 is 0. The SMILES string of the molecule is CON=C1C=Cc2cc(C(=O)N(C)C)ccc2OC1. The predicted molar refractivity (Wildman–Crippen MR) is 73.4 cm³/mol. The second-order valence-corrected chi connectivity index (χ2v) is 4.34. The fraction of sp³-hybridized carbons (Fsp3) is 0.286. The van der Waals surface area contributed by atoms with Gasteiger partial charge in [0.05, 0.1) is 0 Å². The summed E-state index contributed by atoms with van der Waals surface area (Å²) in [5.41, 5.74) is 2.18. The summed E-state index contributed by atoms with van der Waals surface area (Å²) in [5.74, 6) is 0.694. The highest BCUT2D eigenvalue weighted by molar-refractivity contribution is 6.01. The first-order valence-corrected chi connectivity index (χ1v) is 5.88. The van der Waals surface area contributed by atoms with Crippen molar-refractivity contribution >= 4 is 17.7 Å². The molecule has 1 heterocycles. The molecule has 0 N–H and O–H groups in total. The minimum absolute atomic E-state index is 0.0359. The molecule has 1 aliphatic rings. The molecular formula is C14H16N2O3. The van der Waals surface area contributed by atoms with Crippen molar-refractivity contribution in [3.8, 4) is 5.75 Å². The zero-order valence-electron chi connectivity index (χ0n) is 11.2. The van der Waals surface area contributed by atoms with Gasteiger partial charge in [-0.2, -0.15) is 0 Å². The van der Waals surface area contributed by atoms with Crippen LogP contribution in [-0.2, 0) is 4.84 Å². The highest BCUT2D eigenvalue weighted by Crippen LogP contribution is 2.24. The van der Waals surface area contributed by atoms with Gasteiger partial charge in [0.1, 0.15) is 25.2 Å². The van der Waals surface area contributed by atoms with Gasteiger partial charge in [-0.25, -0.2) is 0 Å². The molecule has 0 atom stereocenters. The van der Waals surface area contributed by atoms with Crippen LogP contribution in [0.4, 0.5) is 0 Å². The van der Waals surface area contributed by atoms with Crippen LogP contribution < -0.4 is 4.74 Å². The molecule has 1 aliphatic heterocycles. The molecule has 0 aromatic heterocycles. The lowest BCUT2D eigenvalue weighted by molar-refractivity contribution is 0.0827. The Morgan fingerprint density at radius 2 is 2.16 bits per heavy atom. The second-order valence-electron chi connectivity index (χ2n) is 4.34. The summed E-state index contributed by atoms with van der Waals surface area (Å²) < 4.78 is 5.61. The summed E-state index contributed by atoms with van der Waals surface area (Å²) in [6.45, 7) is 0.346. The molecular weight excluding hydrogens is 244 g/mol. The standard InChI is InChI=1S/C14H16N2O3/c1-16(2)14(17)11-5-7-13-10(8-11)4-6-12(9-19-13)15-18-3/h4-8H,9H2,1-3H3. The van der Waals surface area contributed by atoms with Gasteiger partial charge in [-0.1, -0.05) is 5.16 Å². The summed E-state index contributed by atoms with van der Waals surface area (Å²) in [4.78, 5) is 18.2. The Labute approximate surface area is 112 Å². The van der Waals surface area contributed by atoms with Crippen LogP contribution in [0.5, 0.6) is 5.75 Å². The van der Waals surface area contributed by atoms with Crippen LogP contribution in [0.15, 0.2) is 29.4 Å². The lowest BCUT2D eigenvalue weighted by atomic mass is 10.1. The van der Waals surface area contributed by atoms with Crippen molar-refractivity contribution in [3.05, 3.63) is 35.4 Å². The van der Waals surface area contributed by atoms with Gasteiger partial charge in [0.25, 0.3) is 5.91 Å². The Bertz CT molecular complexity index is 548. The summed E-state index contributed by atoms with van der Waals surface area (Å²) in [7, 11) is 4.94. The van der Waals surface area contributed by atoms with E-state index in [2.05, 4.69) is 5.16 Å². The van der Waals surface area contributed by atoms with Gasteiger partial charge in [-0.05, 0) is 30.4 Å². The molecule has 0 saturated carbocycles. The molecule has 5 heteroatoms. The van der Waals surface area contributed by atoms with Crippen LogP contribution in [0.3, 0.4) is 0 Å². The van der Waals surface area contributed by atoms with Crippen molar-refractivity contribution in [2.75, 3.05) is 27.8 Å². The van der Waals surface area contributed by atoms with E-state index in [4.69, 9.17) is 9.57 Å². The third kappa shape index (κ3) is 2.93. The van der Waals surface area contributed by atoms with Crippen LogP contribution in [0.2, 0.25) is 0 Å². The van der Waals surface area contributed by atoms with Gasteiger partial charge in [0.2, 0.25) is 0 Å². The topological polar surface area (TPSA) is 51.1 Å². The van der Waals surface area contributed by atoms with Crippen molar-refractivity contribution in [1.29, 1.82) is 0 Å². The first kappa shape index (κ1) is 13.1. The molecule has 1 aromatic carbocycles. The molecule has 0 aliphatic carbocycles. The molecule has 0 saturated heterocycles. The molecule has 100 valence electrons. The number of carbonyl (C=O) groups excluding carboxylic acids is 1. The third-order valence-electron chi connectivity index (χ3n) is 2.70. The normalized spacial score (nSPS) is 15.4. The van der Waals surface area contributed by atoms with E-state index in [1.54, 1.807) is 31.1 Å². The number of rotatable bonds is 2. The lowest BCUT2D eigenvalue weighted by Crippen LogP contribution is -2.21. The fourth-order valence-corrected chi connectivity index (χ4v) is 1.76. The first-order chi connectivity index (χ1) is 9.11. The van der Waals surface area contributed by atoms with E-state index in [9.17, 15) is 4.79 Å². The van der Waals surface area contributed by atoms with Crippen molar-refractivity contribution in [2.45, 2.75) is 0 Å². The minimum Gasteiger partial charge on any atom is -0.487 e. The van der Waals surface area contributed by atoms with E-state index in [0.29, 0.717) is 17.9 Å². The lowest BCUT2D eigenvalue weighted by Gasteiger charge is -2.12. The summed E-state index contributed by atoms with van der Waals surface area (Å²) in [6, 6.07) is 5.36. The molecule has 5 nitrogen and oxygen atoms in total. The minimum atomic E-state index is -0.0359. The molecule has 0 unspecified atom stereocenters. The Balaban J connectivity index is 2.33. The van der Waals surface area contributed by atoms with Crippen molar-refractivity contribution in [1.82, 2.24) is 4.90 Å². The number of hydrogen-bond donors (Lipinski definition) is 0. The highest BCUT2D eigenvalue weighted by Gasteiger charge is 2.13. The number of hydrogen-bond acceptors (Lipinski definition) is 4. The number of carbonyl (C=O) groups is 1. The number of nitrogens with zero attached hydrogens (tertiary/aromatic N) is 2. The van der Waals surface area contributed by atoms with E-state index >= 15 is 0 Å². The summed E-state index contributed by atoms with van der Waals surface area (Å²) in [6.07, 6.45) is 3.69. The quantitative estimate of drug-likeness (QED) is 0.762. The number of oxime groups is 1. The second kappa shape index (κ2) is 5.56. The van der Waals surface area contributed by atoms with Crippen LogP contribution in [-0.4, -0.2) is 44.3 Å². The molecule has 0 spiro atoms. The zero-order valence-corrected chi connectivity index (χ0v) is 11.2. The molecule has 1 aromatic rings. The average Bonchev–Trinajstić information content (AvgIpc) is 2.60.